The van der Waals surface area contributed by atoms with Crippen molar-refractivity contribution in [3.63, 3.8) is 0 Å². The molecule has 2 rings (SSSR count). The summed E-state index contributed by atoms with van der Waals surface area (Å²) in [7, 11) is 2.15. The normalized spacial score (nSPS) is 30.9. The second kappa shape index (κ2) is 5.83. The number of carboxylic acids is 1. The Kier molecular flexibility index (Phi) is 4.40. The maximum absolute atomic E-state index is 10.8. The highest BCUT2D eigenvalue weighted by Crippen LogP contribution is 2.25. The number of aliphatic carboxylic acids is 1. The highest BCUT2D eigenvalue weighted by atomic mass is 16.5. The first-order chi connectivity index (χ1) is 8.16. The van der Waals surface area contributed by atoms with Crippen LogP contribution in [0.4, 0.5) is 0 Å². The summed E-state index contributed by atoms with van der Waals surface area (Å²) in [5.41, 5.74) is 0. The van der Waals surface area contributed by atoms with Crippen LogP contribution in [0, 0.1) is 0 Å². The van der Waals surface area contributed by atoms with Crippen molar-refractivity contribution >= 4 is 5.97 Å². The highest BCUT2D eigenvalue weighted by Gasteiger charge is 2.32. The van der Waals surface area contributed by atoms with Crippen molar-refractivity contribution in [2.45, 2.75) is 63.2 Å². The molecule has 0 amide bonds. The molecule has 1 aliphatic carbocycles. The van der Waals surface area contributed by atoms with Crippen LogP contribution in [0.1, 0.15) is 44.9 Å². The van der Waals surface area contributed by atoms with Crippen LogP contribution in [0.15, 0.2) is 0 Å². The molecule has 2 aliphatic rings. The smallest absolute Gasteiger partial charge is 0.332 e. The van der Waals surface area contributed by atoms with Gasteiger partial charge in [-0.15, -0.1) is 0 Å². The van der Waals surface area contributed by atoms with Gasteiger partial charge in [-0.3, -0.25) is 0 Å². The van der Waals surface area contributed by atoms with Crippen LogP contribution >= 0.6 is 0 Å². The Balaban J connectivity index is 1.75. The Bertz CT molecular complexity index is 263. The minimum absolute atomic E-state index is 0.114. The minimum atomic E-state index is -0.812. The van der Waals surface area contributed by atoms with Crippen molar-refractivity contribution in [1.29, 1.82) is 0 Å². The Morgan fingerprint density at radius 1 is 1.24 bits per heavy atom. The van der Waals surface area contributed by atoms with Gasteiger partial charge in [0.1, 0.15) is 0 Å². The molecule has 4 nitrogen and oxygen atoms in total. The van der Waals surface area contributed by atoms with Crippen LogP contribution in [0.3, 0.4) is 0 Å². The molecular formula is C13H23NO3. The summed E-state index contributed by atoms with van der Waals surface area (Å²) in [5.74, 6) is -0.812. The van der Waals surface area contributed by atoms with Crippen LogP contribution in [-0.4, -0.2) is 47.8 Å². The molecule has 0 radical (unpaired) electrons. The van der Waals surface area contributed by atoms with Crippen molar-refractivity contribution in [1.82, 2.24) is 4.90 Å². The number of nitrogens with zero attached hydrogens (tertiary/aromatic N) is 1. The molecule has 1 saturated heterocycles. The molecule has 0 spiro atoms. The van der Waals surface area contributed by atoms with Gasteiger partial charge >= 0.3 is 5.97 Å². The van der Waals surface area contributed by atoms with Gasteiger partial charge in [-0.2, -0.15) is 0 Å². The molecule has 17 heavy (non-hydrogen) atoms. The van der Waals surface area contributed by atoms with E-state index in [1.54, 1.807) is 0 Å². The summed E-state index contributed by atoms with van der Waals surface area (Å²) in [6.45, 7) is 0.883. The third-order valence-corrected chi connectivity index (χ3v) is 4.07. The lowest BCUT2D eigenvalue weighted by Gasteiger charge is -2.32. The summed E-state index contributed by atoms with van der Waals surface area (Å²) in [6, 6.07) is 0.677. The van der Waals surface area contributed by atoms with Gasteiger partial charge < -0.3 is 14.7 Å². The van der Waals surface area contributed by atoms with Crippen LogP contribution in [0.2, 0.25) is 0 Å². The van der Waals surface area contributed by atoms with Gasteiger partial charge in [0.05, 0.1) is 6.10 Å². The first kappa shape index (κ1) is 12.8. The summed E-state index contributed by atoms with van der Waals surface area (Å²) in [5, 5.41) is 8.88. The summed E-state index contributed by atoms with van der Waals surface area (Å²) >= 11 is 0. The zero-order valence-electron chi connectivity index (χ0n) is 10.6. The second-order valence-corrected chi connectivity index (χ2v) is 5.39. The zero-order chi connectivity index (χ0) is 12.3. The lowest BCUT2D eigenvalue weighted by Crippen LogP contribution is -2.39. The van der Waals surface area contributed by atoms with E-state index in [0.29, 0.717) is 12.5 Å². The Morgan fingerprint density at radius 3 is 2.53 bits per heavy atom. The molecule has 2 unspecified atom stereocenters. The molecule has 0 aromatic heterocycles. The van der Waals surface area contributed by atoms with E-state index in [4.69, 9.17) is 9.84 Å². The number of likely N-dealkylation sites (N-methyl/N-ethyl adjacent to an activating group) is 1. The van der Waals surface area contributed by atoms with Crippen molar-refractivity contribution in [3.8, 4) is 0 Å². The van der Waals surface area contributed by atoms with Crippen molar-refractivity contribution < 1.29 is 14.6 Å². The van der Waals surface area contributed by atoms with E-state index in [0.717, 1.165) is 13.0 Å². The standard InChI is InChI=1S/C13H23NO3/c1-14(10-5-3-2-4-6-10)9-11-7-8-12(17-11)13(15)16/h10-12H,2-9H2,1H3,(H,15,16). The minimum Gasteiger partial charge on any atom is -0.479 e. The molecule has 1 saturated carbocycles. The van der Waals surface area contributed by atoms with Crippen LogP contribution in [-0.2, 0) is 9.53 Å². The molecule has 0 aromatic rings. The lowest BCUT2D eigenvalue weighted by atomic mass is 9.94. The van der Waals surface area contributed by atoms with Crippen molar-refractivity contribution in [2.75, 3.05) is 13.6 Å². The fourth-order valence-corrected chi connectivity index (χ4v) is 3.01. The van der Waals surface area contributed by atoms with Gasteiger partial charge in [0.15, 0.2) is 6.10 Å². The van der Waals surface area contributed by atoms with Crippen molar-refractivity contribution in [2.24, 2.45) is 0 Å². The van der Waals surface area contributed by atoms with Gasteiger partial charge in [-0.25, -0.2) is 4.79 Å². The maximum atomic E-state index is 10.8. The predicted molar refractivity (Wildman–Crippen MR) is 65.0 cm³/mol. The van der Waals surface area contributed by atoms with Crippen molar-refractivity contribution in [3.05, 3.63) is 0 Å². The third-order valence-electron chi connectivity index (χ3n) is 4.07. The monoisotopic (exact) mass is 241 g/mol. The molecule has 1 heterocycles. The molecule has 0 aromatic carbocycles. The molecular weight excluding hydrogens is 218 g/mol. The summed E-state index contributed by atoms with van der Waals surface area (Å²) < 4.78 is 5.54. The Hall–Kier alpha value is -0.610. The molecule has 2 atom stereocenters. The quantitative estimate of drug-likeness (QED) is 0.816. The number of hydrogen-bond acceptors (Lipinski definition) is 3. The fourth-order valence-electron chi connectivity index (χ4n) is 3.01. The number of hydrogen-bond donors (Lipinski definition) is 1. The average molecular weight is 241 g/mol. The molecule has 4 heteroatoms. The molecule has 1 N–H and O–H groups in total. The van der Waals surface area contributed by atoms with Gasteiger partial charge in [0.25, 0.3) is 0 Å². The molecule has 2 fully saturated rings. The van der Waals surface area contributed by atoms with E-state index in [1.165, 1.54) is 32.1 Å². The lowest BCUT2D eigenvalue weighted by molar-refractivity contribution is -0.149. The second-order valence-electron chi connectivity index (χ2n) is 5.39. The van der Waals surface area contributed by atoms with Gasteiger partial charge in [-0.05, 0) is 32.7 Å². The largest absolute Gasteiger partial charge is 0.479 e. The van der Waals surface area contributed by atoms with E-state index in [2.05, 4.69) is 11.9 Å². The summed E-state index contributed by atoms with van der Waals surface area (Å²) in [4.78, 5) is 13.2. The van der Waals surface area contributed by atoms with Gasteiger partial charge in [0, 0.05) is 12.6 Å². The average Bonchev–Trinajstić information content (AvgIpc) is 2.79. The Morgan fingerprint density at radius 2 is 1.94 bits per heavy atom. The fraction of sp³-hybridized carbons (Fsp3) is 0.923. The SMILES string of the molecule is CN(CC1CCC(C(=O)O)O1)C1CCCCC1. The van der Waals surface area contributed by atoms with E-state index in [-0.39, 0.29) is 6.10 Å². The van der Waals surface area contributed by atoms with E-state index in [1.807, 2.05) is 0 Å². The first-order valence-electron chi connectivity index (χ1n) is 6.75. The van der Waals surface area contributed by atoms with Gasteiger partial charge in [0.2, 0.25) is 0 Å². The van der Waals surface area contributed by atoms with E-state index < -0.39 is 12.1 Å². The van der Waals surface area contributed by atoms with Crippen LogP contribution in [0.5, 0.6) is 0 Å². The third kappa shape index (κ3) is 3.42. The van der Waals surface area contributed by atoms with E-state index >= 15 is 0 Å². The predicted octanol–water partition coefficient (Wildman–Crippen LogP) is 1.88. The number of carbonyl (C=O) groups is 1. The molecule has 0 bridgehead atoms. The van der Waals surface area contributed by atoms with E-state index in [9.17, 15) is 4.79 Å². The first-order valence-corrected chi connectivity index (χ1v) is 6.75. The molecule has 1 aliphatic heterocycles. The maximum Gasteiger partial charge on any atom is 0.332 e. The topological polar surface area (TPSA) is 49.8 Å². The highest BCUT2D eigenvalue weighted by molar-refractivity contribution is 5.72. The van der Waals surface area contributed by atoms with Gasteiger partial charge in [-0.1, -0.05) is 19.3 Å². The zero-order valence-corrected chi connectivity index (χ0v) is 10.6. The summed E-state index contributed by atoms with van der Waals surface area (Å²) in [6.07, 6.45) is 7.69. The molecule has 98 valence electrons. The number of carboxylic acid groups (broad SMARTS) is 1. The Labute approximate surface area is 103 Å². The van der Waals surface area contributed by atoms with Crippen LogP contribution < -0.4 is 0 Å². The number of rotatable bonds is 4. The number of ether oxygens (including phenoxy) is 1. The van der Waals surface area contributed by atoms with Crippen LogP contribution in [0.25, 0.3) is 0 Å².